The second kappa shape index (κ2) is 5.43. The molecule has 1 aliphatic rings. The van der Waals surface area contributed by atoms with Crippen LogP contribution in [-0.4, -0.2) is 48.4 Å². The molecule has 0 unspecified atom stereocenters. The quantitative estimate of drug-likeness (QED) is 0.739. The molecule has 0 aliphatic carbocycles. The first kappa shape index (κ1) is 14.9. The molecule has 1 aromatic carbocycles. The highest BCUT2D eigenvalue weighted by Gasteiger charge is 2.35. The molecule has 4 rings (SSSR count). The fraction of sp³-hybridized carbons (Fsp3) is 0.412. The first-order chi connectivity index (χ1) is 11.5. The van der Waals surface area contributed by atoms with E-state index in [1.165, 1.54) is 0 Å². The van der Waals surface area contributed by atoms with E-state index < -0.39 is 0 Å². The van der Waals surface area contributed by atoms with E-state index >= 15 is 0 Å². The second-order valence-corrected chi connectivity index (χ2v) is 6.62. The molecule has 0 bridgehead atoms. The van der Waals surface area contributed by atoms with Crippen LogP contribution < -0.4 is 0 Å². The Kier molecular flexibility index (Phi) is 3.37. The summed E-state index contributed by atoms with van der Waals surface area (Å²) in [7, 11) is 1.76. The number of nitrogens with zero attached hydrogens (tertiary/aromatic N) is 6. The third kappa shape index (κ3) is 2.28. The van der Waals surface area contributed by atoms with Crippen LogP contribution in [0.4, 0.5) is 0 Å². The van der Waals surface area contributed by atoms with Crippen molar-refractivity contribution in [3.05, 3.63) is 42.0 Å². The van der Waals surface area contributed by atoms with Crippen LogP contribution in [0.3, 0.4) is 0 Å². The van der Waals surface area contributed by atoms with Crippen molar-refractivity contribution in [3.63, 3.8) is 0 Å². The number of imidazole rings is 1. The van der Waals surface area contributed by atoms with E-state index in [0.29, 0.717) is 24.7 Å². The summed E-state index contributed by atoms with van der Waals surface area (Å²) in [4.78, 5) is 19.0. The number of hydrogen-bond acceptors (Lipinski definition) is 4. The number of rotatable bonds is 3. The zero-order chi connectivity index (χ0) is 16.8. The summed E-state index contributed by atoms with van der Waals surface area (Å²) in [6.07, 6.45) is 1.65. The predicted octanol–water partition coefficient (Wildman–Crippen LogP) is 1.99. The molecule has 3 aromatic rings. The molecule has 2 aromatic heterocycles. The van der Waals surface area contributed by atoms with Crippen LogP contribution in [0.1, 0.15) is 42.1 Å². The van der Waals surface area contributed by atoms with Crippen molar-refractivity contribution in [2.24, 2.45) is 7.05 Å². The lowest BCUT2D eigenvalue weighted by Gasteiger charge is -2.40. The lowest BCUT2D eigenvalue weighted by molar-refractivity contribution is 0.0515. The Bertz CT molecular complexity index is 903. The van der Waals surface area contributed by atoms with Gasteiger partial charge in [-0.15, -0.1) is 5.10 Å². The van der Waals surface area contributed by atoms with Gasteiger partial charge in [-0.1, -0.05) is 31.2 Å². The van der Waals surface area contributed by atoms with E-state index in [-0.39, 0.29) is 11.9 Å². The minimum Gasteiger partial charge on any atom is -0.333 e. The summed E-state index contributed by atoms with van der Waals surface area (Å²) in [6, 6.07) is 8.44. The van der Waals surface area contributed by atoms with E-state index in [4.69, 9.17) is 4.98 Å². The molecule has 124 valence electrons. The molecule has 1 aliphatic heterocycles. The summed E-state index contributed by atoms with van der Waals surface area (Å²) >= 11 is 0. The number of amides is 1. The average Bonchev–Trinajstić information content (AvgIpc) is 3.10. The summed E-state index contributed by atoms with van der Waals surface area (Å²) in [5, 5.41) is 7.73. The van der Waals surface area contributed by atoms with Gasteiger partial charge in [-0.25, -0.2) is 4.98 Å². The van der Waals surface area contributed by atoms with Crippen molar-refractivity contribution < 1.29 is 4.79 Å². The average molecular weight is 324 g/mol. The summed E-state index contributed by atoms with van der Waals surface area (Å²) < 4.78 is 3.84. The van der Waals surface area contributed by atoms with Gasteiger partial charge < -0.3 is 9.47 Å². The van der Waals surface area contributed by atoms with Crippen molar-refractivity contribution >= 4 is 16.9 Å². The molecule has 1 fully saturated rings. The van der Waals surface area contributed by atoms with Gasteiger partial charge >= 0.3 is 0 Å². The Hall–Kier alpha value is -2.70. The zero-order valence-corrected chi connectivity index (χ0v) is 14.0. The summed E-state index contributed by atoms with van der Waals surface area (Å²) in [6.45, 7) is 5.66. The third-order valence-corrected chi connectivity index (χ3v) is 4.48. The molecule has 0 saturated carbocycles. The van der Waals surface area contributed by atoms with Crippen LogP contribution in [0.2, 0.25) is 0 Å². The lowest BCUT2D eigenvalue weighted by Crippen LogP contribution is -2.51. The fourth-order valence-corrected chi connectivity index (χ4v) is 3.25. The van der Waals surface area contributed by atoms with Crippen molar-refractivity contribution in [3.8, 4) is 0 Å². The van der Waals surface area contributed by atoms with Crippen LogP contribution in [0, 0.1) is 0 Å². The van der Waals surface area contributed by atoms with Gasteiger partial charge in [-0.3, -0.25) is 9.48 Å². The molecule has 0 radical (unpaired) electrons. The Morgan fingerprint density at radius 2 is 2.00 bits per heavy atom. The number of benzene rings is 1. The molecule has 0 N–H and O–H groups in total. The summed E-state index contributed by atoms with van der Waals surface area (Å²) in [5.74, 6) is 1.35. The predicted molar refractivity (Wildman–Crippen MR) is 89.8 cm³/mol. The number of likely N-dealkylation sites (tertiary alicyclic amines) is 1. The van der Waals surface area contributed by atoms with E-state index in [0.717, 1.165) is 16.9 Å². The topological polar surface area (TPSA) is 68.8 Å². The first-order valence-electron chi connectivity index (χ1n) is 8.17. The van der Waals surface area contributed by atoms with Crippen LogP contribution in [0.5, 0.6) is 0 Å². The molecule has 3 heterocycles. The molecule has 0 spiro atoms. The highest BCUT2D eigenvalue weighted by molar-refractivity contribution is 5.92. The van der Waals surface area contributed by atoms with Gasteiger partial charge in [0.1, 0.15) is 5.82 Å². The number of hydrogen-bond donors (Lipinski definition) is 0. The summed E-state index contributed by atoms with van der Waals surface area (Å²) in [5.41, 5.74) is 2.55. The molecule has 7 nitrogen and oxygen atoms in total. The largest absolute Gasteiger partial charge is 0.333 e. The molecule has 1 amide bonds. The van der Waals surface area contributed by atoms with Crippen molar-refractivity contribution in [2.75, 3.05) is 13.1 Å². The Balaban J connectivity index is 1.60. The van der Waals surface area contributed by atoms with Crippen LogP contribution >= 0.6 is 0 Å². The lowest BCUT2D eigenvalue weighted by atomic mass is 10.1. The molecule has 7 heteroatoms. The zero-order valence-electron chi connectivity index (χ0n) is 14.0. The maximum absolute atomic E-state index is 12.4. The van der Waals surface area contributed by atoms with Crippen LogP contribution in [0.15, 0.2) is 30.5 Å². The van der Waals surface area contributed by atoms with Gasteiger partial charge in [0.2, 0.25) is 0 Å². The highest BCUT2D eigenvalue weighted by atomic mass is 16.2. The highest BCUT2D eigenvalue weighted by Crippen LogP contribution is 2.31. The van der Waals surface area contributed by atoms with E-state index in [9.17, 15) is 4.79 Å². The van der Waals surface area contributed by atoms with Gasteiger partial charge in [0.05, 0.1) is 23.3 Å². The smallest absolute Gasteiger partial charge is 0.276 e. The monoisotopic (exact) mass is 324 g/mol. The van der Waals surface area contributed by atoms with Crippen LogP contribution in [0.25, 0.3) is 11.0 Å². The number of carbonyl (C=O) groups is 1. The second-order valence-electron chi connectivity index (χ2n) is 6.62. The molecule has 24 heavy (non-hydrogen) atoms. The number of aromatic nitrogens is 5. The minimum absolute atomic E-state index is 0.0603. The molecule has 0 atom stereocenters. The SMILES string of the molecule is CC(C)c1nc2ccccc2n1C1CN(C(=O)c2cn(C)nn2)C1. The standard InChI is InChI=1S/C17H20N6O/c1-11(2)16-18-13-6-4-5-7-15(13)23(16)12-8-22(9-12)17(24)14-10-21(3)20-19-14/h4-7,10-12H,8-9H2,1-3H3. The Morgan fingerprint density at radius 3 is 2.67 bits per heavy atom. The van der Waals surface area contributed by atoms with Gasteiger partial charge in [0.25, 0.3) is 5.91 Å². The first-order valence-corrected chi connectivity index (χ1v) is 8.17. The Labute approximate surface area is 139 Å². The van der Waals surface area contributed by atoms with Gasteiger partial charge in [-0.05, 0) is 12.1 Å². The van der Waals surface area contributed by atoms with Crippen LogP contribution in [-0.2, 0) is 7.05 Å². The minimum atomic E-state index is -0.0603. The normalized spacial score (nSPS) is 15.2. The number of aryl methyl sites for hydroxylation is 1. The van der Waals surface area contributed by atoms with Gasteiger partial charge in [0.15, 0.2) is 5.69 Å². The Morgan fingerprint density at radius 1 is 1.25 bits per heavy atom. The number of para-hydroxylation sites is 2. The van der Waals surface area contributed by atoms with E-state index in [2.05, 4.69) is 34.8 Å². The fourth-order valence-electron chi connectivity index (χ4n) is 3.25. The van der Waals surface area contributed by atoms with Crippen molar-refractivity contribution in [1.82, 2.24) is 29.4 Å². The number of fused-ring (bicyclic) bond motifs is 1. The molecular formula is C17H20N6O. The van der Waals surface area contributed by atoms with Crippen molar-refractivity contribution in [1.29, 1.82) is 0 Å². The number of carbonyl (C=O) groups excluding carboxylic acids is 1. The maximum Gasteiger partial charge on any atom is 0.276 e. The van der Waals surface area contributed by atoms with Crippen molar-refractivity contribution in [2.45, 2.75) is 25.8 Å². The molecular weight excluding hydrogens is 304 g/mol. The maximum atomic E-state index is 12.4. The van der Waals surface area contributed by atoms with Gasteiger partial charge in [-0.2, -0.15) is 0 Å². The van der Waals surface area contributed by atoms with E-state index in [1.807, 2.05) is 23.1 Å². The molecule has 1 saturated heterocycles. The van der Waals surface area contributed by atoms with Gasteiger partial charge in [0, 0.05) is 26.1 Å². The third-order valence-electron chi connectivity index (χ3n) is 4.48. The van der Waals surface area contributed by atoms with E-state index in [1.54, 1.807) is 17.9 Å².